The Morgan fingerprint density at radius 3 is 2.38 bits per heavy atom. The minimum atomic E-state index is -0.821. The summed E-state index contributed by atoms with van der Waals surface area (Å²) in [6.45, 7) is 4.32. The second-order valence-corrected chi connectivity index (χ2v) is 8.82. The minimum Gasteiger partial charge on any atom is -0.347 e. The summed E-state index contributed by atoms with van der Waals surface area (Å²) in [6.07, 6.45) is 0.808. The summed E-state index contributed by atoms with van der Waals surface area (Å²) in [7, 11) is 3.55. The second-order valence-electron chi connectivity index (χ2n) is 8.82. The lowest BCUT2D eigenvalue weighted by molar-refractivity contribution is -0.131. The molecule has 4 rings (SSSR count). The zero-order chi connectivity index (χ0) is 20.8. The average molecular weight is 392 g/mol. The normalized spacial score (nSPS) is 27.9. The van der Waals surface area contributed by atoms with Gasteiger partial charge >= 0.3 is 0 Å². The smallest absolute Gasteiger partial charge is 0.239 e. The Balaban J connectivity index is 1.97. The molecule has 5 nitrogen and oxygen atoms in total. The van der Waals surface area contributed by atoms with E-state index in [-0.39, 0.29) is 23.8 Å². The van der Waals surface area contributed by atoms with Gasteiger partial charge in [0.05, 0.1) is 6.04 Å². The van der Waals surface area contributed by atoms with Crippen molar-refractivity contribution in [3.63, 3.8) is 0 Å². The number of para-hydroxylation sites is 1. The maximum atomic E-state index is 13.7. The lowest BCUT2D eigenvalue weighted by Crippen LogP contribution is -2.48. The Hall–Kier alpha value is -2.66. The number of nitrogens with one attached hydrogen (secondary N) is 2. The summed E-state index contributed by atoms with van der Waals surface area (Å²) < 4.78 is 0. The van der Waals surface area contributed by atoms with E-state index in [0.29, 0.717) is 5.92 Å². The van der Waals surface area contributed by atoms with E-state index in [1.807, 2.05) is 54.6 Å². The molecular formula is C24H29N3O2. The van der Waals surface area contributed by atoms with Crippen LogP contribution in [0.5, 0.6) is 0 Å². The first kappa shape index (κ1) is 19.6. The van der Waals surface area contributed by atoms with Crippen LogP contribution in [0, 0.1) is 5.92 Å². The van der Waals surface area contributed by atoms with Gasteiger partial charge in [-0.05, 0) is 29.5 Å². The largest absolute Gasteiger partial charge is 0.347 e. The zero-order valence-electron chi connectivity index (χ0n) is 17.5. The van der Waals surface area contributed by atoms with Gasteiger partial charge in [-0.25, -0.2) is 0 Å². The van der Waals surface area contributed by atoms with E-state index in [4.69, 9.17) is 0 Å². The Labute approximate surface area is 172 Å². The van der Waals surface area contributed by atoms with E-state index in [9.17, 15) is 9.59 Å². The number of nitrogens with zero attached hydrogens (tertiary/aromatic N) is 1. The second kappa shape index (κ2) is 7.30. The summed E-state index contributed by atoms with van der Waals surface area (Å²) in [4.78, 5) is 28.6. The molecule has 152 valence electrons. The number of rotatable bonds is 4. The van der Waals surface area contributed by atoms with E-state index in [1.165, 1.54) is 0 Å². The van der Waals surface area contributed by atoms with Crippen molar-refractivity contribution in [1.29, 1.82) is 0 Å². The highest BCUT2D eigenvalue weighted by atomic mass is 16.2. The van der Waals surface area contributed by atoms with E-state index in [0.717, 1.165) is 23.2 Å². The number of amides is 2. The molecule has 0 bridgehead atoms. The van der Waals surface area contributed by atoms with E-state index in [2.05, 4.69) is 24.5 Å². The van der Waals surface area contributed by atoms with Gasteiger partial charge in [0.2, 0.25) is 11.8 Å². The lowest BCUT2D eigenvalue weighted by atomic mass is 9.63. The number of fused-ring (bicyclic) bond motifs is 2. The molecule has 0 aliphatic carbocycles. The fourth-order valence-corrected chi connectivity index (χ4v) is 5.21. The molecule has 1 saturated heterocycles. The molecule has 2 heterocycles. The van der Waals surface area contributed by atoms with Crippen molar-refractivity contribution >= 4 is 17.5 Å². The SMILES string of the molecule is CC(C)CC1NC(C(=O)N(C)C)C(c2ccccc2)C12C(=O)Nc1ccccc12. The van der Waals surface area contributed by atoms with Gasteiger partial charge in [-0.15, -0.1) is 0 Å². The first-order valence-electron chi connectivity index (χ1n) is 10.3. The average Bonchev–Trinajstić information content (AvgIpc) is 3.18. The Morgan fingerprint density at radius 1 is 1.07 bits per heavy atom. The molecule has 1 fully saturated rings. The van der Waals surface area contributed by atoms with Gasteiger partial charge in [0.15, 0.2) is 0 Å². The number of likely N-dealkylation sites (N-methyl/N-ethyl adjacent to an activating group) is 1. The lowest BCUT2D eigenvalue weighted by Gasteiger charge is -2.36. The highest BCUT2D eigenvalue weighted by Gasteiger charge is 2.65. The quantitative estimate of drug-likeness (QED) is 0.842. The standard InChI is InChI=1S/C24H29N3O2/c1-15(2)14-19-24(17-12-8-9-13-18(17)25-23(24)29)20(16-10-6-5-7-11-16)21(26-19)22(28)27(3)4/h5-13,15,19-21,26H,14H2,1-4H3,(H,25,29). The molecule has 2 aliphatic heterocycles. The third-order valence-corrected chi connectivity index (χ3v) is 6.32. The van der Waals surface area contributed by atoms with Crippen LogP contribution in [0.1, 0.15) is 37.3 Å². The van der Waals surface area contributed by atoms with Crippen LogP contribution < -0.4 is 10.6 Å². The molecule has 29 heavy (non-hydrogen) atoms. The van der Waals surface area contributed by atoms with Crippen molar-refractivity contribution in [1.82, 2.24) is 10.2 Å². The van der Waals surface area contributed by atoms with Crippen LogP contribution in [0.3, 0.4) is 0 Å². The molecule has 0 aromatic heterocycles. The van der Waals surface area contributed by atoms with Crippen LogP contribution in [0.25, 0.3) is 0 Å². The van der Waals surface area contributed by atoms with Gasteiger partial charge < -0.3 is 15.5 Å². The number of benzene rings is 2. The monoisotopic (exact) mass is 391 g/mol. The number of carbonyl (C=O) groups is 2. The molecule has 4 unspecified atom stereocenters. The summed E-state index contributed by atoms with van der Waals surface area (Å²) >= 11 is 0. The first-order valence-corrected chi connectivity index (χ1v) is 10.3. The maximum absolute atomic E-state index is 13.7. The van der Waals surface area contributed by atoms with Gasteiger partial charge in [-0.3, -0.25) is 9.59 Å². The van der Waals surface area contributed by atoms with E-state index < -0.39 is 11.5 Å². The molecule has 0 saturated carbocycles. The van der Waals surface area contributed by atoms with Crippen molar-refractivity contribution in [3.05, 3.63) is 65.7 Å². The summed E-state index contributed by atoms with van der Waals surface area (Å²) in [5, 5.41) is 6.72. The van der Waals surface area contributed by atoms with Crippen LogP contribution in [0.2, 0.25) is 0 Å². The Kier molecular flexibility index (Phi) is 4.95. The Morgan fingerprint density at radius 2 is 1.72 bits per heavy atom. The molecule has 2 aromatic rings. The summed E-state index contributed by atoms with van der Waals surface area (Å²) in [6, 6.07) is 17.3. The molecule has 2 aromatic carbocycles. The molecule has 2 N–H and O–H groups in total. The number of anilines is 1. The van der Waals surface area contributed by atoms with Crippen molar-refractivity contribution < 1.29 is 9.59 Å². The number of carbonyl (C=O) groups excluding carboxylic acids is 2. The molecule has 5 heteroatoms. The molecule has 2 aliphatic rings. The highest BCUT2D eigenvalue weighted by Crippen LogP contribution is 2.55. The number of hydrogen-bond donors (Lipinski definition) is 2. The third kappa shape index (κ3) is 2.96. The maximum Gasteiger partial charge on any atom is 0.239 e. The molecule has 2 amide bonds. The molecule has 1 spiro atoms. The van der Waals surface area contributed by atoms with Crippen LogP contribution in [0.4, 0.5) is 5.69 Å². The predicted octanol–water partition coefficient (Wildman–Crippen LogP) is 3.14. The van der Waals surface area contributed by atoms with E-state index in [1.54, 1.807) is 19.0 Å². The minimum absolute atomic E-state index is 0.00154. The molecule has 4 atom stereocenters. The molecular weight excluding hydrogens is 362 g/mol. The predicted molar refractivity (Wildman–Crippen MR) is 115 cm³/mol. The Bertz CT molecular complexity index is 925. The van der Waals surface area contributed by atoms with Crippen molar-refractivity contribution in [2.75, 3.05) is 19.4 Å². The van der Waals surface area contributed by atoms with Crippen LogP contribution in [-0.4, -0.2) is 42.9 Å². The van der Waals surface area contributed by atoms with Gasteiger partial charge in [-0.2, -0.15) is 0 Å². The van der Waals surface area contributed by atoms with Gasteiger partial charge in [0, 0.05) is 31.7 Å². The zero-order valence-corrected chi connectivity index (χ0v) is 17.5. The van der Waals surface area contributed by atoms with Crippen LogP contribution in [0.15, 0.2) is 54.6 Å². The van der Waals surface area contributed by atoms with Gasteiger partial charge in [0.25, 0.3) is 0 Å². The molecule has 0 radical (unpaired) electrons. The van der Waals surface area contributed by atoms with Crippen molar-refractivity contribution in [2.24, 2.45) is 5.92 Å². The topological polar surface area (TPSA) is 61.4 Å². The first-order chi connectivity index (χ1) is 13.9. The van der Waals surface area contributed by atoms with E-state index >= 15 is 0 Å². The summed E-state index contributed by atoms with van der Waals surface area (Å²) in [5.74, 6) is 0.0852. The van der Waals surface area contributed by atoms with Crippen LogP contribution in [-0.2, 0) is 15.0 Å². The van der Waals surface area contributed by atoms with Crippen molar-refractivity contribution in [2.45, 2.75) is 43.7 Å². The van der Waals surface area contributed by atoms with Crippen molar-refractivity contribution in [3.8, 4) is 0 Å². The fraction of sp³-hybridized carbons (Fsp3) is 0.417. The van der Waals surface area contributed by atoms with Crippen LogP contribution >= 0.6 is 0 Å². The highest BCUT2D eigenvalue weighted by molar-refractivity contribution is 6.09. The third-order valence-electron chi connectivity index (χ3n) is 6.32. The summed E-state index contributed by atoms with van der Waals surface area (Å²) in [5.41, 5.74) is 2.04. The number of hydrogen-bond acceptors (Lipinski definition) is 3. The van der Waals surface area contributed by atoms with Gasteiger partial charge in [-0.1, -0.05) is 62.4 Å². The van der Waals surface area contributed by atoms with Gasteiger partial charge in [0.1, 0.15) is 5.41 Å². The fourth-order valence-electron chi connectivity index (χ4n) is 5.21.